The summed E-state index contributed by atoms with van der Waals surface area (Å²) in [6.07, 6.45) is 0.634. The Morgan fingerprint density at radius 2 is 2.09 bits per heavy atom. The van der Waals surface area contributed by atoms with E-state index in [0.717, 1.165) is 5.56 Å². The molecule has 0 aliphatic heterocycles. The van der Waals surface area contributed by atoms with Crippen LogP contribution < -0.4 is 10.1 Å². The molecule has 122 valence electrons. The van der Waals surface area contributed by atoms with Crippen LogP contribution in [0.3, 0.4) is 0 Å². The number of halogens is 1. The van der Waals surface area contributed by atoms with Crippen LogP contribution in [-0.4, -0.2) is 30.1 Å². The quantitative estimate of drug-likeness (QED) is 0.822. The largest absolute Gasteiger partial charge is 0.495 e. The third-order valence-corrected chi connectivity index (χ3v) is 3.62. The molecule has 1 aromatic carbocycles. The highest BCUT2D eigenvalue weighted by Gasteiger charge is 2.21. The summed E-state index contributed by atoms with van der Waals surface area (Å²) in [5.41, 5.74) is 1.53. The van der Waals surface area contributed by atoms with E-state index >= 15 is 0 Å². The number of hydrogen-bond acceptors (Lipinski definition) is 4. The molecule has 7 heteroatoms. The average Bonchev–Trinajstić information content (AvgIpc) is 3.04. The van der Waals surface area contributed by atoms with Crippen LogP contribution in [0.25, 0.3) is 0 Å². The van der Waals surface area contributed by atoms with E-state index in [1.54, 1.807) is 30.5 Å². The van der Waals surface area contributed by atoms with Crippen LogP contribution in [0.15, 0.2) is 30.5 Å². The summed E-state index contributed by atoms with van der Waals surface area (Å²) in [4.78, 5) is 26.7. The van der Waals surface area contributed by atoms with Gasteiger partial charge in [0.2, 0.25) is 0 Å². The zero-order valence-corrected chi connectivity index (χ0v) is 13.7. The van der Waals surface area contributed by atoms with Crippen molar-refractivity contribution in [3.05, 3.63) is 46.7 Å². The third kappa shape index (κ3) is 4.04. The maximum Gasteiger partial charge on any atom is 0.355 e. The number of amides is 1. The number of methoxy groups -OCH3 is 1. The van der Waals surface area contributed by atoms with Crippen LogP contribution in [0, 0.1) is 6.92 Å². The lowest BCUT2D eigenvalue weighted by molar-refractivity contribution is -0.123. The van der Waals surface area contributed by atoms with Crippen LogP contribution >= 0.6 is 11.6 Å². The number of nitrogens with one attached hydrogen (secondary N) is 2. The SMILES string of the molecule is COc1cc(Cl)c(C)cc1NC(=O)[C@H](C)OC(=O)c1ccc[nH]1. The van der Waals surface area contributed by atoms with Crippen molar-refractivity contribution in [3.8, 4) is 5.75 Å². The first-order valence-electron chi connectivity index (χ1n) is 6.91. The van der Waals surface area contributed by atoms with E-state index in [2.05, 4.69) is 10.3 Å². The second-order valence-corrected chi connectivity index (χ2v) is 5.33. The minimum atomic E-state index is -0.966. The smallest absolute Gasteiger partial charge is 0.355 e. The normalized spacial score (nSPS) is 11.7. The summed E-state index contributed by atoms with van der Waals surface area (Å²) in [5, 5.41) is 3.20. The molecule has 0 aliphatic rings. The van der Waals surface area contributed by atoms with Crippen molar-refractivity contribution in [1.82, 2.24) is 4.98 Å². The number of aryl methyl sites for hydroxylation is 1. The Kier molecular flexibility index (Phi) is 5.28. The highest BCUT2D eigenvalue weighted by atomic mass is 35.5. The van der Waals surface area contributed by atoms with Crippen molar-refractivity contribution in [2.75, 3.05) is 12.4 Å². The van der Waals surface area contributed by atoms with E-state index in [1.165, 1.54) is 14.0 Å². The Bertz CT molecular complexity index is 713. The average molecular weight is 337 g/mol. The Labute approximate surface area is 138 Å². The summed E-state index contributed by atoms with van der Waals surface area (Å²) in [5.74, 6) is -0.640. The van der Waals surface area contributed by atoms with Gasteiger partial charge in [-0.15, -0.1) is 0 Å². The Morgan fingerprint density at radius 1 is 1.35 bits per heavy atom. The van der Waals surface area contributed by atoms with Gasteiger partial charge in [-0.05, 0) is 37.6 Å². The fourth-order valence-electron chi connectivity index (χ4n) is 1.90. The molecule has 1 heterocycles. The van der Waals surface area contributed by atoms with Gasteiger partial charge in [0.25, 0.3) is 5.91 Å². The molecule has 6 nitrogen and oxygen atoms in total. The van der Waals surface area contributed by atoms with Gasteiger partial charge in [0, 0.05) is 17.3 Å². The van der Waals surface area contributed by atoms with Crippen molar-refractivity contribution >= 4 is 29.2 Å². The summed E-state index contributed by atoms with van der Waals surface area (Å²) in [6.45, 7) is 3.30. The molecule has 23 heavy (non-hydrogen) atoms. The number of aromatic nitrogens is 1. The Morgan fingerprint density at radius 3 is 2.70 bits per heavy atom. The monoisotopic (exact) mass is 336 g/mol. The van der Waals surface area contributed by atoms with Gasteiger partial charge in [-0.25, -0.2) is 4.79 Å². The molecule has 0 unspecified atom stereocenters. The fraction of sp³-hybridized carbons (Fsp3) is 0.250. The summed E-state index contributed by atoms with van der Waals surface area (Å²) >= 11 is 6.02. The summed E-state index contributed by atoms with van der Waals surface area (Å²) in [6, 6.07) is 6.54. The molecule has 1 aromatic heterocycles. The van der Waals surface area contributed by atoms with Gasteiger partial charge in [0.15, 0.2) is 6.10 Å². The van der Waals surface area contributed by atoms with Crippen molar-refractivity contribution in [3.63, 3.8) is 0 Å². The highest BCUT2D eigenvalue weighted by molar-refractivity contribution is 6.31. The second kappa shape index (κ2) is 7.19. The van der Waals surface area contributed by atoms with Gasteiger partial charge in [-0.1, -0.05) is 11.6 Å². The lowest BCUT2D eigenvalue weighted by Gasteiger charge is -2.16. The van der Waals surface area contributed by atoms with Gasteiger partial charge in [0.05, 0.1) is 12.8 Å². The van der Waals surface area contributed by atoms with Crippen LogP contribution in [0.5, 0.6) is 5.75 Å². The van der Waals surface area contributed by atoms with Gasteiger partial charge >= 0.3 is 5.97 Å². The van der Waals surface area contributed by atoms with Crippen molar-refractivity contribution in [2.24, 2.45) is 0 Å². The zero-order chi connectivity index (χ0) is 17.0. The van der Waals surface area contributed by atoms with Gasteiger partial charge in [-0.2, -0.15) is 0 Å². The van der Waals surface area contributed by atoms with Crippen molar-refractivity contribution in [1.29, 1.82) is 0 Å². The number of H-pyrrole nitrogens is 1. The lowest BCUT2D eigenvalue weighted by atomic mass is 10.2. The van der Waals surface area contributed by atoms with E-state index in [1.807, 2.05) is 6.92 Å². The van der Waals surface area contributed by atoms with E-state index in [0.29, 0.717) is 16.5 Å². The lowest BCUT2D eigenvalue weighted by Crippen LogP contribution is -2.30. The maximum absolute atomic E-state index is 12.2. The van der Waals surface area contributed by atoms with Crippen LogP contribution in [0.4, 0.5) is 5.69 Å². The van der Waals surface area contributed by atoms with E-state index < -0.39 is 18.0 Å². The topological polar surface area (TPSA) is 80.4 Å². The molecular formula is C16H17ClN2O4. The summed E-state index contributed by atoms with van der Waals surface area (Å²) < 4.78 is 10.3. The maximum atomic E-state index is 12.2. The molecule has 1 atom stereocenters. The number of carbonyl (C=O) groups is 2. The Hall–Kier alpha value is -2.47. The Balaban J connectivity index is 2.06. The molecule has 1 amide bonds. The van der Waals surface area contributed by atoms with Crippen LogP contribution in [0.1, 0.15) is 23.0 Å². The van der Waals surface area contributed by atoms with Gasteiger partial charge in [0.1, 0.15) is 11.4 Å². The number of hydrogen-bond donors (Lipinski definition) is 2. The molecule has 2 N–H and O–H groups in total. The minimum absolute atomic E-state index is 0.282. The molecule has 0 spiro atoms. The molecule has 0 bridgehead atoms. The van der Waals surface area contributed by atoms with Gasteiger partial charge in [-0.3, -0.25) is 4.79 Å². The molecule has 2 aromatic rings. The van der Waals surface area contributed by atoms with Crippen LogP contribution in [0.2, 0.25) is 5.02 Å². The first-order valence-corrected chi connectivity index (χ1v) is 7.29. The van der Waals surface area contributed by atoms with Crippen molar-refractivity contribution < 1.29 is 19.1 Å². The predicted octanol–water partition coefficient (Wildman–Crippen LogP) is 3.17. The zero-order valence-electron chi connectivity index (χ0n) is 13.0. The number of benzene rings is 1. The van der Waals surface area contributed by atoms with Crippen molar-refractivity contribution in [2.45, 2.75) is 20.0 Å². The summed E-state index contributed by atoms with van der Waals surface area (Å²) in [7, 11) is 1.48. The van der Waals surface area contributed by atoms with E-state index in [9.17, 15) is 9.59 Å². The molecule has 2 rings (SSSR count). The number of anilines is 1. The number of rotatable bonds is 5. The van der Waals surface area contributed by atoms with Crippen LogP contribution in [-0.2, 0) is 9.53 Å². The van der Waals surface area contributed by atoms with E-state index in [4.69, 9.17) is 21.1 Å². The van der Waals surface area contributed by atoms with E-state index in [-0.39, 0.29) is 5.69 Å². The number of ether oxygens (including phenoxy) is 2. The molecule has 0 saturated heterocycles. The minimum Gasteiger partial charge on any atom is -0.495 e. The number of esters is 1. The highest BCUT2D eigenvalue weighted by Crippen LogP contribution is 2.31. The predicted molar refractivity (Wildman–Crippen MR) is 87.0 cm³/mol. The standard InChI is InChI=1S/C16H17ClN2O4/c1-9-7-13(14(22-3)8-11(9)17)19-15(20)10(2)23-16(21)12-5-4-6-18-12/h4-8,10,18H,1-3H3,(H,19,20)/t10-/m0/s1. The first-order chi connectivity index (χ1) is 10.9. The molecule has 0 radical (unpaired) electrons. The molecular weight excluding hydrogens is 320 g/mol. The first kappa shape index (κ1) is 16.9. The second-order valence-electron chi connectivity index (χ2n) is 4.92. The van der Waals surface area contributed by atoms with Gasteiger partial charge < -0.3 is 19.8 Å². The number of aromatic amines is 1. The molecule has 0 saturated carbocycles. The molecule has 0 fully saturated rings. The number of carbonyl (C=O) groups excluding carboxylic acids is 2. The molecule has 0 aliphatic carbocycles. The fourth-order valence-corrected chi connectivity index (χ4v) is 2.05. The third-order valence-electron chi connectivity index (χ3n) is 3.21.